The van der Waals surface area contributed by atoms with Crippen molar-refractivity contribution in [1.82, 2.24) is 15.0 Å². The molecule has 12 heteroatoms. The number of anilines is 4. The van der Waals surface area contributed by atoms with Crippen molar-refractivity contribution in [3.63, 3.8) is 0 Å². The van der Waals surface area contributed by atoms with Crippen LogP contribution in [0.25, 0.3) is 10.8 Å². The molecule has 2 saturated heterocycles. The maximum Gasteiger partial charge on any atom is 0.227 e. The number of sulfone groups is 1. The van der Waals surface area contributed by atoms with Gasteiger partial charge < -0.3 is 25.3 Å². The largest absolute Gasteiger partial charge is 0.396 e. The number of hydrogen-bond donors (Lipinski definition) is 3. The van der Waals surface area contributed by atoms with Crippen molar-refractivity contribution in [3.8, 4) is 0 Å². The van der Waals surface area contributed by atoms with E-state index in [-0.39, 0.29) is 43.2 Å². The summed E-state index contributed by atoms with van der Waals surface area (Å²) in [6.07, 6.45) is 3.54. The van der Waals surface area contributed by atoms with Crippen molar-refractivity contribution < 1.29 is 23.0 Å². The fourth-order valence-corrected chi connectivity index (χ4v) is 6.72. The van der Waals surface area contributed by atoms with Gasteiger partial charge in [-0.1, -0.05) is 13.0 Å². The van der Waals surface area contributed by atoms with Crippen LogP contribution in [0.1, 0.15) is 38.7 Å². The number of nitrogens with one attached hydrogen (secondary N) is 1. The zero-order valence-corrected chi connectivity index (χ0v) is 24.1. The minimum absolute atomic E-state index is 0.00975. The van der Waals surface area contributed by atoms with Crippen LogP contribution in [0, 0.1) is 5.92 Å². The van der Waals surface area contributed by atoms with E-state index >= 15 is 0 Å². The highest BCUT2D eigenvalue weighted by Gasteiger charge is 2.39. The van der Waals surface area contributed by atoms with Crippen molar-refractivity contribution in [2.45, 2.75) is 50.9 Å². The smallest absolute Gasteiger partial charge is 0.227 e. The molecule has 0 radical (unpaired) electrons. The summed E-state index contributed by atoms with van der Waals surface area (Å²) in [6.45, 7) is 6.59. The van der Waals surface area contributed by atoms with Crippen molar-refractivity contribution in [2.75, 3.05) is 53.4 Å². The van der Waals surface area contributed by atoms with Gasteiger partial charge in [-0.05, 0) is 49.4 Å². The molecule has 3 N–H and O–H groups in total. The van der Waals surface area contributed by atoms with E-state index < -0.39 is 21.6 Å². The quantitative estimate of drug-likeness (QED) is 0.370. The van der Waals surface area contributed by atoms with E-state index in [1.54, 1.807) is 23.4 Å². The third-order valence-corrected chi connectivity index (χ3v) is 9.31. The molecule has 40 heavy (non-hydrogen) atoms. The Hall–Kier alpha value is -3.09. The van der Waals surface area contributed by atoms with Crippen LogP contribution in [0.3, 0.4) is 0 Å². The van der Waals surface area contributed by atoms with Crippen LogP contribution in [0.15, 0.2) is 36.7 Å². The first-order valence-electron chi connectivity index (χ1n) is 13.6. The van der Waals surface area contributed by atoms with E-state index in [4.69, 9.17) is 0 Å². The second-order valence-corrected chi connectivity index (χ2v) is 13.7. The molecule has 0 bridgehead atoms. The number of hydrogen-bond acceptors (Lipinski definition) is 10. The minimum atomic E-state index is -3.06. The first-order valence-corrected chi connectivity index (χ1v) is 15.6. The van der Waals surface area contributed by atoms with Gasteiger partial charge in [0.1, 0.15) is 27.6 Å². The van der Waals surface area contributed by atoms with Gasteiger partial charge in [-0.25, -0.2) is 22.8 Å². The molecule has 0 amide bonds. The zero-order chi connectivity index (χ0) is 28.8. The summed E-state index contributed by atoms with van der Waals surface area (Å²) in [5, 5.41) is 25.2. The summed E-state index contributed by atoms with van der Waals surface area (Å²) in [6, 6.07) is 7.74. The molecule has 10 nitrogen and oxygen atoms in total. The number of pyridine rings is 1. The van der Waals surface area contributed by atoms with Crippen LogP contribution in [-0.4, -0.2) is 89.6 Å². The Morgan fingerprint density at radius 1 is 1.20 bits per heavy atom. The Kier molecular flexibility index (Phi) is 7.62. The van der Waals surface area contributed by atoms with E-state index in [0.717, 1.165) is 22.0 Å². The Bertz CT molecular complexity index is 1500. The first kappa shape index (κ1) is 28.4. The highest BCUT2D eigenvalue weighted by atomic mass is 32.2. The lowest BCUT2D eigenvalue weighted by molar-refractivity contribution is -0.0332. The van der Waals surface area contributed by atoms with Crippen molar-refractivity contribution in [3.05, 3.63) is 42.2 Å². The lowest BCUT2D eigenvalue weighted by atomic mass is 9.88. The van der Waals surface area contributed by atoms with Crippen molar-refractivity contribution in [1.29, 1.82) is 0 Å². The van der Waals surface area contributed by atoms with Gasteiger partial charge in [-0.2, -0.15) is 4.98 Å². The van der Waals surface area contributed by atoms with Gasteiger partial charge in [0.25, 0.3) is 0 Å². The summed E-state index contributed by atoms with van der Waals surface area (Å²) >= 11 is 0. The second kappa shape index (κ2) is 10.7. The fraction of sp³-hybridized carbons (Fsp3) is 0.536. The molecule has 0 unspecified atom stereocenters. The van der Waals surface area contributed by atoms with E-state index in [1.165, 1.54) is 13.2 Å². The van der Waals surface area contributed by atoms with Crippen LogP contribution >= 0.6 is 0 Å². The molecule has 0 spiro atoms. The number of aliphatic hydroxyl groups excluding tert-OH is 1. The summed E-state index contributed by atoms with van der Waals surface area (Å²) in [4.78, 5) is 17.4. The maximum atomic E-state index is 14.4. The van der Waals surface area contributed by atoms with Crippen LogP contribution in [0.2, 0.25) is 0 Å². The lowest BCUT2D eigenvalue weighted by Gasteiger charge is -2.48. The number of alkyl halides is 1. The number of aromatic nitrogens is 3. The van der Waals surface area contributed by atoms with E-state index in [1.807, 2.05) is 32.0 Å². The Labute approximate surface area is 234 Å². The van der Waals surface area contributed by atoms with Gasteiger partial charge in [0, 0.05) is 67.3 Å². The number of rotatable bonds is 8. The number of aliphatic hydroxyl groups is 2. The minimum Gasteiger partial charge on any atom is -0.396 e. The third kappa shape index (κ3) is 5.70. The van der Waals surface area contributed by atoms with Gasteiger partial charge in [0.05, 0.1) is 17.9 Å². The van der Waals surface area contributed by atoms with Crippen LogP contribution in [-0.2, 0) is 9.84 Å². The number of piperidine rings is 1. The average Bonchev–Trinajstić information content (AvgIpc) is 2.91. The number of benzene rings is 1. The molecule has 2 aromatic heterocycles. The number of halogens is 1. The number of nitrogens with zero attached hydrogens (tertiary/aromatic N) is 5. The maximum absolute atomic E-state index is 14.4. The monoisotopic (exact) mass is 572 g/mol. The zero-order valence-electron chi connectivity index (χ0n) is 23.2. The van der Waals surface area contributed by atoms with Gasteiger partial charge in [-0.3, -0.25) is 0 Å². The predicted molar refractivity (Wildman–Crippen MR) is 155 cm³/mol. The summed E-state index contributed by atoms with van der Waals surface area (Å²) < 4.78 is 38.1. The average molecular weight is 573 g/mol. The molecule has 1 aromatic carbocycles. The van der Waals surface area contributed by atoms with E-state index in [2.05, 4.69) is 25.2 Å². The highest BCUT2D eigenvalue weighted by molar-refractivity contribution is 7.90. The molecular weight excluding hydrogens is 535 g/mol. The lowest BCUT2D eigenvalue weighted by Crippen LogP contribution is -2.57. The SMILES string of the molecule is C[C@@H]1[C@@H](CS(C)(=O)=O)CN1c1ccc([C@@H](C)CO)c2cc(Nc3ccnc(N4CC[C@](C)(O)[C@H](F)C4)n3)ncc12. The molecule has 2 fully saturated rings. The first-order chi connectivity index (χ1) is 18.9. The van der Waals surface area contributed by atoms with Crippen LogP contribution < -0.4 is 15.1 Å². The summed E-state index contributed by atoms with van der Waals surface area (Å²) in [7, 11) is -3.06. The van der Waals surface area contributed by atoms with Crippen molar-refractivity contribution >= 4 is 43.9 Å². The molecule has 3 aromatic rings. The normalized spacial score (nSPS) is 26.0. The Morgan fingerprint density at radius 3 is 2.65 bits per heavy atom. The third-order valence-electron chi connectivity index (χ3n) is 8.27. The molecule has 5 rings (SSSR count). The molecule has 0 aliphatic carbocycles. The van der Waals surface area contributed by atoms with Gasteiger partial charge in [-0.15, -0.1) is 0 Å². The van der Waals surface area contributed by atoms with Gasteiger partial charge in [0.15, 0.2) is 0 Å². The Morgan fingerprint density at radius 2 is 1.98 bits per heavy atom. The number of fused-ring (bicyclic) bond motifs is 1. The summed E-state index contributed by atoms with van der Waals surface area (Å²) in [5.41, 5.74) is 0.600. The van der Waals surface area contributed by atoms with Crippen LogP contribution in [0.5, 0.6) is 0 Å². The molecule has 216 valence electrons. The predicted octanol–water partition coefficient (Wildman–Crippen LogP) is 3.03. The molecule has 2 aliphatic rings. The molecule has 0 saturated carbocycles. The van der Waals surface area contributed by atoms with Gasteiger partial charge >= 0.3 is 0 Å². The molecule has 4 heterocycles. The fourth-order valence-electron chi connectivity index (χ4n) is 5.56. The highest BCUT2D eigenvalue weighted by Crippen LogP contribution is 2.39. The van der Waals surface area contributed by atoms with Crippen molar-refractivity contribution in [2.24, 2.45) is 5.92 Å². The second-order valence-electron chi connectivity index (χ2n) is 11.5. The Balaban J connectivity index is 1.42. The van der Waals surface area contributed by atoms with Crippen LogP contribution in [0.4, 0.5) is 27.7 Å². The topological polar surface area (TPSA) is 132 Å². The molecule has 2 aliphatic heterocycles. The van der Waals surface area contributed by atoms with Gasteiger partial charge in [0.2, 0.25) is 5.95 Å². The standard InChI is InChI=1S/C28H37FN6O4S/c1-17(15-36)20-5-6-23(35-13-19(18(35)2)16-40(4,38)39)22-12-31-26(11-21(20)22)32-25-7-9-30-27(33-25)34-10-8-28(3,37)24(29)14-34/h5-7,9,11-12,17-19,24,36-37H,8,10,13-16H2,1-4H3,(H,30,31,32,33)/t17-,18+,19+,24+,28-/m0/s1. The molecular formula is C28H37FN6O4S. The summed E-state index contributed by atoms with van der Waals surface area (Å²) in [5.74, 6) is 1.55. The van der Waals surface area contributed by atoms with E-state index in [9.17, 15) is 23.0 Å². The van der Waals surface area contributed by atoms with E-state index in [0.29, 0.717) is 30.7 Å². The molecule has 5 atom stereocenters.